The maximum atomic E-state index is 14.1. The van der Waals surface area contributed by atoms with Crippen LogP contribution in [0.15, 0.2) is 0 Å². The fourth-order valence-electron chi connectivity index (χ4n) is 6.94. The molecule has 0 unspecified atom stereocenters. The van der Waals surface area contributed by atoms with E-state index in [1.807, 2.05) is 34.9 Å². The molecule has 0 aromatic rings. The van der Waals surface area contributed by atoms with Gasteiger partial charge in [-0.1, -0.05) is 47.5 Å². The number of ether oxygens (including phenoxy) is 1. The molecule has 3 rings (SSSR count). The van der Waals surface area contributed by atoms with Crippen molar-refractivity contribution in [3.05, 3.63) is 0 Å². The van der Waals surface area contributed by atoms with Crippen LogP contribution in [0.25, 0.3) is 0 Å². The van der Waals surface area contributed by atoms with E-state index < -0.39 is 17.5 Å². The molecule has 0 aromatic heterocycles. The van der Waals surface area contributed by atoms with Crippen LogP contribution in [0.2, 0.25) is 0 Å². The number of rotatable bonds is 9. The Kier molecular flexibility index (Phi) is 12.2. The Morgan fingerprint density at radius 1 is 0.881 bits per heavy atom. The Morgan fingerprint density at radius 2 is 1.45 bits per heavy atom. The molecule has 10 heteroatoms. The largest absolute Gasteiger partial charge is 0.467 e. The minimum absolute atomic E-state index is 0.00211. The van der Waals surface area contributed by atoms with Crippen molar-refractivity contribution in [3.63, 3.8) is 0 Å². The maximum absolute atomic E-state index is 14.1. The van der Waals surface area contributed by atoms with Gasteiger partial charge >= 0.3 is 5.97 Å². The highest BCUT2D eigenvalue weighted by atomic mass is 16.5. The van der Waals surface area contributed by atoms with Crippen molar-refractivity contribution in [1.29, 1.82) is 0 Å². The predicted molar refractivity (Wildman–Crippen MR) is 164 cm³/mol. The number of likely N-dealkylation sites (N-methyl/N-ethyl adjacent to an activating group) is 2. The first-order valence-corrected chi connectivity index (χ1v) is 16.2. The number of esters is 1. The lowest BCUT2D eigenvalue weighted by molar-refractivity contribution is -0.157. The summed E-state index contributed by atoms with van der Waals surface area (Å²) in [7, 11) is 5.20. The molecular weight excluding hydrogens is 534 g/mol. The molecule has 3 amide bonds. The standard InChI is InChI=1S/C32H57N5O5/c1-22(2)26(35(7)30(40)27(32(3,4)5)33-28(38)23-15-9-12-18-34(23)6)21-36-19-13-10-16-24(36)29(39)37-20-14-11-17-25(37)31(41)42-8/h22-27H,9-21H2,1-8H3,(H,33,38)/t23-,24+,25+,26-,27-/m1/s1. The van der Waals surface area contributed by atoms with Crippen LogP contribution >= 0.6 is 0 Å². The van der Waals surface area contributed by atoms with E-state index in [1.54, 1.807) is 9.80 Å². The normalized spacial score (nSPS) is 25.9. The van der Waals surface area contributed by atoms with Gasteiger partial charge in [-0.05, 0) is 76.4 Å². The summed E-state index contributed by atoms with van der Waals surface area (Å²) in [4.78, 5) is 61.8. The van der Waals surface area contributed by atoms with Crippen LogP contribution in [-0.4, -0.2) is 121 Å². The molecule has 240 valence electrons. The number of carbonyl (C=O) groups excluding carboxylic acids is 4. The van der Waals surface area contributed by atoms with Crippen LogP contribution in [0.3, 0.4) is 0 Å². The molecule has 0 radical (unpaired) electrons. The smallest absolute Gasteiger partial charge is 0.328 e. The number of likely N-dealkylation sites (tertiary alicyclic amines) is 3. The van der Waals surface area contributed by atoms with E-state index in [9.17, 15) is 19.2 Å². The van der Waals surface area contributed by atoms with Crippen molar-refractivity contribution >= 4 is 23.7 Å². The summed E-state index contributed by atoms with van der Waals surface area (Å²) >= 11 is 0. The van der Waals surface area contributed by atoms with Gasteiger partial charge in [0.15, 0.2) is 0 Å². The highest BCUT2D eigenvalue weighted by Gasteiger charge is 2.42. The molecule has 0 aliphatic carbocycles. The molecule has 0 spiro atoms. The summed E-state index contributed by atoms with van der Waals surface area (Å²) < 4.78 is 5.04. The van der Waals surface area contributed by atoms with Crippen LogP contribution in [0.1, 0.15) is 92.4 Å². The zero-order valence-corrected chi connectivity index (χ0v) is 27.5. The molecule has 10 nitrogen and oxygen atoms in total. The van der Waals surface area contributed by atoms with E-state index in [1.165, 1.54) is 7.11 Å². The Balaban J connectivity index is 1.78. The van der Waals surface area contributed by atoms with Gasteiger partial charge in [-0.25, -0.2) is 4.79 Å². The van der Waals surface area contributed by atoms with Crippen LogP contribution < -0.4 is 5.32 Å². The highest BCUT2D eigenvalue weighted by molar-refractivity contribution is 5.90. The second-order valence-electron chi connectivity index (χ2n) is 14.1. The lowest BCUT2D eigenvalue weighted by atomic mass is 9.84. The molecule has 0 aromatic carbocycles. The van der Waals surface area contributed by atoms with Crippen molar-refractivity contribution in [1.82, 2.24) is 24.9 Å². The summed E-state index contributed by atoms with van der Waals surface area (Å²) in [6.45, 7) is 13.0. The average molecular weight is 592 g/mol. The fraction of sp³-hybridized carbons (Fsp3) is 0.875. The maximum Gasteiger partial charge on any atom is 0.328 e. The number of piperidine rings is 3. The van der Waals surface area contributed by atoms with Crippen molar-refractivity contribution in [3.8, 4) is 0 Å². The number of nitrogens with zero attached hydrogens (tertiary/aromatic N) is 4. The minimum atomic E-state index is -0.667. The van der Waals surface area contributed by atoms with Crippen molar-refractivity contribution in [2.75, 3.05) is 47.4 Å². The van der Waals surface area contributed by atoms with E-state index in [4.69, 9.17) is 4.74 Å². The second kappa shape index (κ2) is 15.0. The fourth-order valence-corrected chi connectivity index (χ4v) is 6.94. The summed E-state index contributed by atoms with van der Waals surface area (Å²) in [5.41, 5.74) is -0.476. The van der Waals surface area contributed by atoms with Gasteiger partial charge in [0.25, 0.3) is 0 Å². The number of methoxy groups -OCH3 is 1. The monoisotopic (exact) mass is 591 g/mol. The number of carbonyl (C=O) groups is 4. The molecular formula is C32H57N5O5. The average Bonchev–Trinajstić information content (AvgIpc) is 2.96. The highest BCUT2D eigenvalue weighted by Crippen LogP contribution is 2.28. The van der Waals surface area contributed by atoms with Gasteiger partial charge in [0.05, 0.1) is 19.2 Å². The topological polar surface area (TPSA) is 102 Å². The molecule has 0 saturated carbocycles. The van der Waals surface area contributed by atoms with Gasteiger partial charge in [0.2, 0.25) is 17.7 Å². The molecule has 42 heavy (non-hydrogen) atoms. The van der Waals surface area contributed by atoms with Gasteiger partial charge in [0, 0.05) is 26.2 Å². The summed E-state index contributed by atoms with van der Waals surface area (Å²) in [6.07, 6.45) is 8.00. The zero-order chi connectivity index (χ0) is 31.2. The van der Waals surface area contributed by atoms with E-state index in [0.717, 1.165) is 64.5 Å². The van der Waals surface area contributed by atoms with E-state index in [0.29, 0.717) is 19.5 Å². The summed E-state index contributed by atoms with van der Waals surface area (Å²) in [5, 5.41) is 3.14. The first-order valence-electron chi connectivity index (χ1n) is 16.2. The zero-order valence-electron chi connectivity index (χ0n) is 27.5. The first kappa shape index (κ1) is 34.3. The molecule has 3 fully saturated rings. The quantitative estimate of drug-likeness (QED) is 0.412. The van der Waals surface area contributed by atoms with Gasteiger partial charge in [0.1, 0.15) is 12.1 Å². The molecule has 3 heterocycles. The predicted octanol–water partition coefficient (Wildman–Crippen LogP) is 2.89. The Bertz CT molecular complexity index is 950. The second-order valence-corrected chi connectivity index (χ2v) is 14.1. The van der Waals surface area contributed by atoms with Gasteiger partial charge in [-0.3, -0.25) is 24.2 Å². The third-order valence-electron chi connectivity index (χ3n) is 9.67. The lowest BCUT2D eigenvalue weighted by Crippen LogP contribution is -2.62. The van der Waals surface area contributed by atoms with Crippen LogP contribution in [-0.2, 0) is 23.9 Å². The van der Waals surface area contributed by atoms with E-state index >= 15 is 0 Å². The summed E-state index contributed by atoms with van der Waals surface area (Å²) in [6, 6.07) is -1.88. The minimum Gasteiger partial charge on any atom is -0.467 e. The first-order chi connectivity index (χ1) is 19.8. The molecule has 3 saturated heterocycles. The van der Waals surface area contributed by atoms with E-state index in [2.05, 4.69) is 29.0 Å². The van der Waals surface area contributed by atoms with Crippen molar-refractivity contribution in [2.24, 2.45) is 11.3 Å². The van der Waals surface area contributed by atoms with Crippen LogP contribution in [0, 0.1) is 11.3 Å². The van der Waals surface area contributed by atoms with Gasteiger partial charge in [-0.15, -0.1) is 0 Å². The molecule has 3 aliphatic rings. The van der Waals surface area contributed by atoms with Crippen LogP contribution in [0.5, 0.6) is 0 Å². The number of hydrogen-bond acceptors (Lipinski definition) is 7. The summed E-state index contributed by atoms with van der Waals surface area (Å²) in [5.74, 6) is -0.392. The van der Waals surface area contributed by atoms with Gasteiger partial charge in [-0.2, -0.15) is 0 Å². The number of nitrogens with one attached hydrogen (secondary N) is 1. The SMILES string of the molecule is COC(=O)[C@@H]1CCCCN1C(=O)[C@@H]1CCCCN1C[C@H](C(C)C)N(C)C(=O)[C@@H](NC(=O)[C@H]1CCCCN1C)C(C)(C)C. The van der Waals surface area contributed by atoms with E-state index in [-0.39, 0.29) is 47.7 Å². The van der Waals surface area contributed by atoms with Crippen LogP contribution in [0.4, 0.5) is 0 Å². The lowest BCUT2D eigenvalue weighted by Gasteiger charge is -2.45. The molecule has 3 aliphatic heterocycles. The third-order valence-corrected chi connectivity index (χ3v) is 9.67. The van der Waals surface area contributed by atoms with Gasteiger partial charge < -0.3 is 19.9 Å². The third kappa shape index (κ3) is 8.24. The molecule has 1 N–H and O–H groups in total. The molecule has 0 bridgehead atoms. The molecule has 5 atom stereocenters. The van der Waals surface area contributed by atoms with Crippen molar-refractivity contribution in [2.45, 2.75) is 123 Å². The van der Waals surface area contributed by atoms with Crippen molar-refractivity contribution < 1.29 is 23.9 Å². The Hall–Kier alpha value is -2.20. The Labute approximate surface area is 253 Å². The number of amides is 3. The number of hydrogen-bond donors (Lipinski definition) is 1. The Morgan fingerprint density at radius 3 is 2.02 bits per heavy atom.